The van der Waals surface area contributed by atoms with Gasteiger partial charge in [0.25, 0.3) is 0 Å². The fraction of sp³-hybridized carbons (Fsp3) is 0.400. The zero-order valence-electron chi connectivity index (χ0n) is 7.90. The third-order valence-electron chi connectivity index (χ3n) is 2.36. The molecule has 0 amide bonds. The standard InChI is InChI=1S/C10H12Cl2N2/c1-6-2-3-13-9-4-7(11)8(12)5-10(9)14-6/h4-6,13-14H,2-3H2,1H3. The molecular weight excluding hydrogens is 219 g/mol. The van der Waals surface area contributed by atoms with E-state index < -0.39 is 0 Å². The van der Waals surface area contributed by atoms with E-state index in [-0.39, 0.29) is 0 Å². The lowest BCUT2D eigenvalue weighted by Gasteiger charge is -2.12. The Morgan fingerprint density at radius 3 is 2.57 bits per heavy atom. The van der Waals surface area contributed by atoms with Crippen molar-refractivity contribution in [2.24, 2.45) is 0 Å². The highest BCUT2D eigenvalue weighted by atomic mass is 35.5. The van der Waals surface area contributed by atoms with E-state index in [4.69, 9.17) is 23.2 Å². The highest BCUT2D eigenvalue weighted by Gasteiger charge is 2.13. The van der Waals surface area contributed by atoms with E-state index in [1.165, 1.54) is 0 Å². The van der Waals surface area contributed by atoms with Crippen LogP contribution in [0.15, 0.2) is 12.1 Å². The van der Waals surface area contributed by atoms with Crippen molar-refractivity contribution >= 4 is 34.6 Å². The summed E-state index contributed by atoms with van der Waals surface area (Å²) in [6.07, 6.45) is 1.09. The molecule has 1 aromatic carbocycles. The molecule has 0 radical (unpaired) electrons. The van der Waals surface area contributed by atoms with Crippen LogP contribution in [0.3, 0.4) is 0 Å². The van der Waals surface area contributed by atoms with E-state index in [1.54, 1.807) is 0 Å². The zero-order valence-corrected chi connectivity index (χ0v) is 9.41. The molecule has 1 unspecified atom stereocenters. The van der Waals surface area contributed by atoms with Gasteiger partial charge in [0.05, 0.1) is 21.4 Å². The van der Waals surface area contributed by atoms with Crippen LogP contribution in [0.5, 0.6) is 0 Å². The molecule has 14 heavy (non-hydrogen) atoms. The lowest BCUT2D eigenvalue weighted by atomic mass is 10.2. The lowest BCUT2D eigenvalue weighted by Crippen LogP contribution is -2.14. The Kier molecular flexibility index (Phi) is 2.75. The molecule has 0 bridgehead atoms. The minimum atomic E-state index is 0.459. The van der Waals surface area contributed by atoms with E-state index in [0.717, 1.165) is 24.3 Å². The largest absolute Gasteiger partial charge is 0.383 e. The number of hydrogen-bond donors (Lipinski definition) is 2. The molecule has 2 nitrogen and oxygen atoms in total. The summed E-state index contributed by atoms with van der Waals surface area (Å²) in [6, 6.07) is 4.19. The molecule has 0 spiro atoms. The van der Waals surface area contributed by atoms with Gasteiger partial charge in [-0.3, -0.25) is 0 Å². The van der Waals surface area contributed by atoms with Crippen LogP contribution in [0.25, 0.3) is 0 Å². The third kappa shape index (κ3) is 1.91. The second-order valence-corrected chi connectivity index (χ2v) is 4.39. The smallest absolute Gasteiger partial charge is 0.0614 e. The van der Waals surface area contributed by atoms with Crippen molar-refractivity contribution in [1.29, 1.82) is 0 Å². The molecule has 0 saturated carbocycles. The monoisotopic (exact) mass is 230 g/mol. The third-order valence-corrected chi connectivity index (χ3v) is 3.08. The Morgan fingerprint density at radius 1 is 1.21 bits per heavy atom. The molecule has 0 saturated heterocycles. The minimum Gasteiger partial charge on any atom is -0.383 e. The fourth-order valence-corrected chi connectivity index (χ4v) is 1.90. The Balaban J connectivity index is 2.41. The quantitative estimate of drug-likeness (QED) is 0.712. The Bertz CT molecular complexity index is 352. The topological polar surface area (TPSA) is 24.1 Å². The van der Waals surface area contributed by atoms with Crippen LogP contribution in [0.4, 0.5) is 11.4 Å². The van der Waals surface area contributed by atoms with E-state index >= 15 is 0 Å². The minimum absolute atomic E-state index is 0.459. The number of nitrogens with one attached hydrogen (secondary N) is 2. The lowest BCUT2D eigenvalue weighted by molar-refractivity contribution is 0.745. The molecule has 2 N–H and O–H groups in total. The van der Waals surface area contributed by atoms with Crippen molar-refractivity contribution in [2.75, 3.05) is 17.2 Å². The summed E-state index contributed by atoms with van der Waals surface area (Å²) in [5, 5.41) is 7.89. The molecule has 1 aliphatic heterocycles. The average molecular weight is 231 g/mol. The predicted molar refractivity (Wildman–Crippen MR) is 62.7 cm³/mol. The van der Waals surface area contributed by atoms with Crippen molar-refractivity contribution in [3.8, 4) is 0 Å². The first-order valence-electron chi connectivity index (χ1n) is 4.66. The van der Waals surface area contributed by atoms with Crippen LogP contribution in [0.2, 0.25) is 10.0 Å². The van der Waals surface area contributed by atoms with Gasteiger partial charge in [-0.25, -0.2) is 0 Å². The molecule has 1 atom stereocenters. The average Bonchev–Trinajstić information content (AvgIpc) is 2.28. The van der Waals surface area contributed by atoms with Gasteiger partial charge in [-0.05, 0) is 25.5 Å². The molecule has 1 heterocycles. The van der Waals surface area contributed by atoms with Gasteiger partial charge >= 0.3 is 0 Å². The van der Waals surface area contributed by atoms with Crippen LogP contribution in [-0.2, 0) is 0 Å². The molecular formula is C10H12Cl2N2. The van der Waals surface area contributed by atoms with Crippen molar-refractivity contribution in [3.63, 3.8) is 0 Å². The number of hydrogen-bond acceptors (Lipinski definition) is 2. The van der Waals surface area contributed by atoms with Crippen LogP contribution < -0.4 is 10.6 Å². The first kappa shape index (κ1) is 9.94. The van der Waals surface area contributed by atoms with Gasteiger partial charge in [-0.2, -0.15) is 0 Å². The summed E-state index contributed by atoms with van der Waals surface area (Å²) in [5.41, 5.74) is 2.06. The summed E-state index contributed by atoms with van der Waals surface area (Å²) in [7, 11) is 0. The molecule has 4 heteroatoms. The van der Waals surface area contributed by atoms with Crippen LogP contribution in [0, 0.1) is 0 Å². The second-order valence-electron chi connectivity index (χ2n) is 3.57. The van der Waals surface area contributed by atoms with Crippen molar-refractivity contribution in [2.45, 2.75) is 19.4 Å². The first-order chi connectivity index (χ1) is 6.66. The van der Waals surface area contributed by atoms with Crippen molar-refractivity contribution < 1.29 is 0 Å². The highest BCUT2D eigenvalue weighted by Crippen LogP contribution is 2.34. The Labute approximate surface area is 93.6 Å². The molecule has 76 valence electrons. The van der Waals surface area contributed by atoms with Gasteiger partial charge < -0.3 is 10.6 Å². The molecule has 0 aromatic heterocycles. The fourth-order valence-electron chi connectivity index (χ4n) is 1.57. The summed E-state index contributed by atoms with van der Waals surface area (Å²) >= 11 is 11.9. The first-order valence-corrected chi connectivity index (χ1v) is 5.42. The number of rotatable bonds is 0. The van der Waals surface area contributed by atoms with Crippen molar-refractivity contribution in [3.05, 3.63) is 22.2 Å². The summed E-state index contributed by atoms with van der Waals surface area (Å²) < 4.78 is 0. The van der Waals surface area contributed by atoms with Gasteiger partial charge in [-0.15, -0.1) is 0 Å². The SMILES string of the molecule is CC1CCNc2cc(Cl)c(Cl)cc2N1. The normalized spacial score (nSPS) is 20.4. The van der Waals surface area contributed by atoms with Gasteiger partial charge in [0.15, 0.2) is 0 Å². The number of fused-ring (bicyclic) bond motifs is 1. The van der Waals surface area contributed by atoms with E-state index in [0.29, 0.717) is 16.1 Å². The molecule has 2 rings (SSSR count). The van der Waals surface area contributed by atoms with Gasteiger partial charge in [0.1, 0.15) is 0 Å². The zero-order chi connectivity index (χ0) is 10.1. The molecule has 1 aromatic rings. The number of anilines is 2. The van der Waals surface area contributed by atoms with Gasteiger partial charge in [0.2, 0.25) is 0 Å². The van der Waals surface area contributed by atoms with Crippen LogP contribution >= 0.6 is 23.2 Å². The maximum absolute atomic E-state index is 5.95. The van der Waals surface area contributed by atoms with Gasteiger partial charge in [0, 0.05) is 12.6 Å². The summed E-state index contributed by atoms with van der Waals surface area (Å²) in [6.45, 7) is 3.11. The maximum Gasteiger partial charge on any atom is 0.0614 e. The number of benzene rings is 1. The summed E-state index contributed by atoms with van der Waals surface area (Å²) in [4.78, 5) is 0. The summed E-state index contributed by atoms with van der Waals surface area (Å²) in [5.74, 6) is 0. The molecule has 1 aliphatic rings. The Hall–Kier alpha value is -0.600. The maximum atomic E-state index is 5.95. The van der Waals surface area contributed by atoms with E-state index in [9.17, 15) is 0 Å². The van der Waals surface area contributed by atoms with E-state index in [2.05, 4.69) is 17.6 Å². The Morgan fingerprint density at radius 2 is 1.86 bits per heavy atom. The molecule has 0 aliphatic carbocycles. The van der Waals surface area contributed by atoms with Gasteiger partial charge in [-0.1, -0.05) is 23.2 Å². The van der Waals surface area contributed by atoms with Crippen molar-refractivity contribution in [1.82, 2.24) is 0 Å². The second kappa shape index (κ2) is 3.87. The van der Waals surface area contributed by atoms with Crippen LogP contribution in [-0.4, -0.2) is 12.6 Å². The van der Waals surface area contributed by atoms with Crippen LogP contribution in [0.1, 0.15) is 13.3 Å². The predicted octanol–water partition coefficient (Wildman–Crippen LogP) is 3.61. The number of halogens is 2. The highest BCUT2D eigenvalue weighted by molar-refractivity contribution is 6.42. The van der Waals surface area contributed by atoms with E-state index in [1.807, 2.05) is 12.1 Å². The molecule has 0 fully saturated rings.